The SMILES string of the molecule is COc1cc2ncnc(Nc3ccc(F)c(Cl)c3)c2cc1NC(=O)C=CCN1CC2COC2C1. The fourth-order valence-electron chi connectivity index (χ4n) is 4.19. The molecule has 2 aliphatic heterocycles. The Bertz CT molecular complexity index is 1260. The van der Waals surface area contributed by atoms with E-state index in [1.54, 1.807) is 18.2 Å². The van der Waals surface area contributed by atoms with Gasteiger partial charge in [0.1, 0.15) is 23.7 Å². The quantitative estimate of drug-likeness (QED) is 0.491. The van der Waals surface area contributed by atoms with Crippen LogP contribution in [0.3, 0.4) is 0 Å². The lowest BCUT2D eigenvalue weighted by molar-refractivity contribution is -0.111. The largest absolute Gasteiger partial charge is 0.494 e. The van der Waals surface area contributed by atoms with Crippen LogP contribution >= 0.6 is 11.6 Å². The number of likely N-dealkylation sites (tertiary alicyclic amines) is 1. The summed E-state index contributed by atoms with van der Waals surface area (Å²) in [4.78, 5) is 23.5. The molecule has 3 aromatic rings. The second-order valence-corrected chi connectivity index (χ2v) is 8.70. The Kier molecular flexibility index (Phi) is 6.32. The predicted octanol–water partition coefficient (Wildman–Crippen LogP) is 4.00. The van der Waals surface area contributed by atoms with Gasteiger partial charge in [-0.25, -0.2) is 14.4 Å². The van der Waals surface area contributed by atoms with E-state index in [9.17, 15) is 9.18 Å². The van der Waals surface area contributed by atoms with E-state index in [1.165, 1.54) is 31.6 Å². The Balaban J connectivity index is 1.33. The molecule has 0 bridgehead atoms. The smallest absolute Gasteiger partial charge is 0.248 e. The number of hydrogen-bond donors (Lipinski definition) is 2. The van der Waals surface area contributed by atoms with Crippen molar-refractivity contribution in [3.05, 3.63) is 59.7 Å². The van der Waals surface area contributed by atoms with Gasteiger partial charge in [0.25, 0.3) is 0 Å². The molecule has 1 amide bonds. The van der Waals surface area contributed by atoms with Gasteiger partial charge in [-0.3, -0.25) is 9.69 Å². The van der Waals surface area contributed by atoms with Crippen LogP contribution in [0.5, 0.6) is 5.75 Å². The van der Waals surface area contributed by atoms with E-state index >= 15 is 0 Å². The second-order valence-electron chi connectivity index (χ2n) is 8.29. The van der Waals surface area contributed by atoms with Crippen molar-refractivity contribution in [1.82, 2.24) is 14.9 Å². The number of amides is 1. The van der Waals surface area contributed by atoms with Gasteiger partial charge in [-0.15, -0.1) is 0 Å². The number of fused-ring (bicyclic) bond motifs is 2. The first-order valence-corrected chi connectivity index (χ1v) is 11.2. The van der Waals surface area contributed by atoms with E-state index in [2.05, 4.69) is 25.5 Å². The van der Waals surface area contributed by atoms with Gasteiger partial charge in [0.15, 0.2) is 0 Å². The molecule has 2 atom stereocenters. The number of nitrogens with one attached hydrogen (secondary N) is 2. The molecule has 10 heteroatoms. The molecule has 2 unspecified atom stereocenters. The molecule has 34 heavy (non-hydrogen) atoms. The van der Waals surface area contributed by atoms with Crippen LogP contribution in [0.25, 0.3) is 10.9 Å². The zero-order valence-corrected chi connectivity index (χ0v) is 19.2. The first-order valence-electron chi connectivity index (χ1n) is 10.9. The highest BCUT2D eigenvalue weighted by atomic mass is 35.5. The molecule has 0 aliphatic carbocycles. The fourth-order valence-corrected chi connectivity index (χ4v) is 4.37. The standard InChI is InChI=1S/C24H23ClFN5O3/c1-33-21-9-19-16(24(28-13-27-19)29-15-4-5-18(26)17(25)7-15)8-20(21)30-23(32)3-2-6-31-10-14-12-34-22(14)11-31/h2-5,7-9,13-14,22H,6,10-12H2,1H3,(H,30,32)(H,27,28,29). The van der Waals surface area contributed by atoms with Crippen LogP contribution in [0.15, 0.2) is 48.8 Å². The van der Waals surface area contributed by atoms with Gasteiger partial charge in [0, 0.05) is 48.8 Å². The number of anilines is 3. The number of ether oxygens (including phenoxy) is 2. The average molecular weight is 484 g/mol. The number of aromatic nitrogens is 2. The molecule has 2 fully saturated rings. The van der Waals surface area contributed by atoms with Crippen LogP contribution in [-0.2, 0) is 9.53 Å². The third-order valence-electron chi connectivity index (χ3n) is 6.01. The van der Waals surface area contributed by atoms with Crippen LogP contribution in [-0.4, -0.2) is 60.2 Å². The molecule has 2 N–H and O–H groups in total. The number of nitrogens with zero attached hydrogens (tertiary/aromatic N) is 3. The van der Waals surface area contributed by atoms with Crippen molar-refractivity contribution in [1.29, 1.82) is 0 Å². The first kappa shape index (κ1) is 22.5. The summed E-state index contributed by atoms with van der Waals surface area (Å²) in [7, 11) is 1.53. The summed E-state index contributed by atoms with van der Waals surface area (Å²) in [6.07, 6.45) is 5.12. The molecular formula is C24H23ClFN5O3. The highest BCUT2D eigenvalue weighted by Crippen LogP contribution is 2.33. The highest BCUT2D eigenvalue weighted by Gasteiger charge is 2.40. The molecule has 0 spiro atoms. The van der Waals surface area contributed by atoms with E-state index in [4.69, 9.17) is 21.1 Å². The Morgan fingerprint density at radius 3 is 2.91 bits per heavy atom. The Hall–Kier alpha value is -3.27. The van der Waals surface area contributed by atoms with Gasteiger partial charge in [-0.05, 0) is 24.3 Å². The second kappa shape index (κ2) is 9.54. The molecule has 2 saturated heterocycles. The summed E-state index contributed by atoms with van der Waals surface area (Å²) < 4.78 is 24.5. The van der Waals surface area contributed by atoms with E-state index in [-0.39, 0.29) is 10.9 Å². The summed E-state index contributed by atoms with van der Waals surface area (Å²) in [5.74, 6) is 0.796. The minimum atomic E-state index is -0.507. The minimum Gasteiger partial charge on any atom is -0.494 e. The maximum absolute atomic E-state index is 13.5. The van der Waals surface area contributed by atoms with Crippen LogP contribution in [0.2, 0.25) is 5.02 Å². The van der Waals surface area contributed by atoms with E-state index in [0.717, 1.165) is 19.7 Å². The topological polar surface area (TPSA) is 88.6 Å². The van der Waals surface area contributed by atoms with Gasteiger partial charge < -0.3 is 20.1 Å². The number of rotatable bonds is 7. The van der Waals surface area contributed by atoms with Gasteiger partial charge in [0.2, 0.25) is 5.91 Å². The number of carbonyl (C=O) groups is 1. The van der Waals surface area contributed by atoms with Gasteiger partial charge in [-0.1, -0.05) is 17.7 Å². The summed E-state index contributed by atoms with van der Waals surface area (Å²) in [6.45, 7) is 3.44. The van der Waals surface area contributed by atoms with E-state index < -0.39 is 5.82 Å². The third-order valence-corrected chi connectivity index (χ3v) is 6.30. The maximum Gasteiger partial charge on any atom is 0.248 e. The highest BCUT2D eigenvalue weighted by molar-refractivity contribution is 6.31. The Morgan fingerprint density at radius 1 is 1.32 bits per heavy atom. The van der Waals surface area contributed by atoms with Crippen molar-refractivity contribution in [3.8, 4) is 5.75 Å². The number of carbonyl (C=O) groups excluding carboxylic acids is 1. The van der Waals surface area contributed by atoms with Gasteiger partial charge in [0.05, 0.1) is 36.0 Å². The predicted molar refractivity (Wildman–Crippen MR) is 128 cm³/mol. The van der Waals surface area contributed by atoms with Crippen molar-refractivity contribution in [3.63, 3.8) is 0 Å². The number of halogens is 2. The third kappa shape index (κ3) is 4.68. The molecule has 3 heterocycles. The lowest BCUT2D eigenvalue weighted by Gasteiger charge is -2.28. The first-order chi connectivity index (χ1) is 16.5. The van der Waals surface area contributed by atoms with Crippen molar-refractivity contribution >= 4 is 45.6 Å². The molecule has 2 aromatic carbocycles. The average Bonchev–Trinajstić information content (AvgIpc) is 3.09. The van der Waals surface area contributed by atoms with Crippen LogP contribution in [0, 0.1) is 11.7 Å². The maximum atomic E-state index is 13.5. The summed E-state index contributed by atoms with van der Waals surface area (Å²) >= 11 is 5.89. The van der Waals surface area contributed by atoms with E-state index in [1.807, 2.05) is 6.08 Å². The molecule has 176 valence electrons. The molecule has 8 nitrogen and oxygen atoms in total. The molecule has 5 rings (SSSR count). The van der Waals surface area contributed by atoms with Gasteiger partial charge in [-0.2, -0.15) is 0 Å². The zero-order chi connectivity index (χ0) is 23.7. The molecule has 0 saturated carbocycles. The Morgan fingerprint density at radius 2 is 2.21 bits per heavy atom. The number of benzene rings is 2. The molecule has 1 aromatic heterocycles. The normalized spacial score (nSPS) is 19.7. The lowest BCUT2D eigenvalue weighted by atomic mass is 10.0. The molecule has 2 aliphatic rings. The van der Waals surface area contributed by atoms with Gasteiger partial charge >= 0.3 is 0 Å². The van der Waals surface area contributed by atoms with Crippen LogP contribution in [0.4, 0.5) is 21.6 Å². The van der Waals surface area contributed by atoms with Crippen molar-refractivity contribution in [2.75, 3.05) is 44.0 Å². The minimum absolute atomic E-state index is 0.00104. The summed E-state index contributed by atoms with van der Waals surface area (Å²) in [5, 5.41) is 6.64. The molecular weight excluding hydrogens is 461 g/mol. The zero-order valence-electron chi connectivity index (χ0n) is 18.4. The number of methoxy groups -OCH3 is 1. The van der Waals surface area contributed by atoms with Crippen molar-refractivity contribution in [2.45, 2.75) is 6.10 Å². The van der Waals surface area contributed by atoms with Crippen LogP contribution < -0.4 is 15.4 Å². The Labute approximate surface area is 200 Å². The van der Waals surface area contributed by atoms with Crippen molar-refractivity contribution < 1.29 is 18.7 Å². The fraction of sp³-hybridized carbons (Fsp3) is 0.292. The lowest BCUT2D eigenvalue weighted by Crippen LogP contribution is -2.37. The summed E-state index contributed by atoms with van der Waals surface area (Å²) in [5.41, 5.74) is 1.66. The molecule has 0 radical (unpaired) electrons. The van der Waals surface area contributed by atoms with E-state index in [0.29, 0.717) is 52.4 Å². The van der Waals surface area contributed by atoms with Crippen molar-refractivity contribution in [2.24, 2.45) is 5.92 Å². The number of hydrogen-bond acceptors (Lipinski definition) is 7. The monoisotopic (exact) mass is 483 g/mol. The van der Waals surface area contributed by atoms with Crippen LogP contribution in [0.1, 0.15) is 0 Å². The summed E-state index contributed by atoms with van der Waals surface area (Å²) in [6, 6.07) is 7.76.